The maximum Gasteiger partial charge on any atom is 0.255 e. The molecule has 0 unspecified atom stereocenters. The molecule has 5 heteroatoms. The molecule has 0 spiro atoms. The molecule has 19 heavy (non-hydrogen) atoms. The first kappa shape index (κ1) is 13.0. The number of nitrogens with two attached hydrogens (primary N) is 1. The second-order valence-electron chi connectivity index (χ2n) is 4.13. The molecule has 0 aliphatic heterocycles. The van der Waals surface area contributed by atoms with E-state index in [4.69, 9.17) is 5.73 Å². The predicted molar refractivity (Wildman–Crippen MR) is 69.9 cm³/mol. The summed E-state index contributed by atoms with van der Waals surface area (Å²) in [6.45, 7) is 1.49. The van der Waals surface area contributed by atoms with Crippen molar-refractivity contribution in [3.8, 4) is 0 Å². The van der Waals surface area contributed by atoms with Crippen LogP contribution in [0.5, 0.6) is 0 Å². The topological polar surface area (TPSA) is 55.1 Å². The van der Waals surface area contributed by atoms with Gasteiger partial charge in [0.25, 0.3) is 5.91 Å². The van der Waals surface area contributed by atoms with Crippen LogP contribution in [-0.2, 0) is 0 Å². The van der Waals surface area contributed by atoms with Gasteiger partial charge in [0.15, 0.2) is 5.82 Å². The van der Waals surface area contributed by atoms with Crippen LogP contribution in [0.25, 0.3) is 0 Å². The smallest absolute Gasteiger partial charge is 0.255 e. The van der Waals surface area contributed by atoms with Crippen LogP contribution in [0.15, 0.2) is 36.4 Å². The lowest BCUT2D eigenvalue weighted by molar-refractivity contribution is 0.102. The summed E-state index contributed by atoms with van der Waals surface area (Å²) >= 11 is 0. The molecular formula is C14H12F2N2O. The number of amides is 1. The number of carbonyl (C=O) groups is 1. The highest BCUT2D eigenvalue weighted by molar-refractivity contribution is 6.04. The van der Waals surface area contributed by atoms with Gasteiger partial charge in [-0.2, -0.15) is 0 Å². The third-order valence-corrected chi connectivity index (χ3v) is 2.67. The average Bonchev–Trinajstić information content (AvgIpc) is 2.39. The number of benzene rings is 2. The van der Waals surface area contributed by atoms with Crippen molar-refractivity contribution in [1.82, 2.24) is 0 Å². The van der Waals surface area contributed by atoms with E-state index in [0.29, 0.717) is 5.69 Å². The molecule has 2 aromatic carbocycles. The fraction of sp³-hybridized carbons (Fsp3) is 0.0714. The number of hydrogen-bond acceptors (Lipinski definition) is 2. The quantitative estimate of drug-likeness (QED) is 0.817. The molecule has 0 heterocycles. The summed E-state index contributed by atoms with van der Waals surface area (Å²) in [4.78, 5) is 11.9. The predicted octanol–water partition coefficient (Wildman–Crippen LogP) is 3.11. The summed E-state index contributed by atoms with van der Waals surface area (Å²) in [6, 6.07) is 8.56. The van der Waals surface area contributed by atoms with Gasteiger partial charge in [0.05, 0.1) is 0 Å². The summed E-state index contributed by atoms with van der Waals surface area (Å²) in [5.74, 6) is -2.21. The van der Waals surface area contributed by atoms with Crippen LogP contribution in [0.3, 0.4) is 0 Å². The normalized spacial score (nSPS) is 10.3. The van der Waals surface area contributed by atoms with Crippen LogP contribution in [0, 0.1) is 18.6 Å². The maximum atomic E-state index is 13.7. The zero-order valence-corrected chi connectivity index (χ0v) is 10.2. The highest BCUT2D eigenvalue weighted by Crippen LogP contribution is 2.22. The van der Waals surface area contributed by atoms with E-state index in [9.17, 15) is 13.6 Å². The molecule has 0 atom stereocenters. The molecule has 3 N–H and O–H groups in total. The largest absolute Gasteiger partial charge is 0.399 e. The Bertz CT molecular complexity index is 641. The first-order valence-electron chi connectivity index (χ1n) is 5.60. The third-order valence-electron chi connectivity index (χ3n) is 2.67. The number of nitrogens with one attached hydrogen (secondary N) is 1. The number of hydrogen-bond donors (Lipinski definition) is 2. The lowest BCUT2D eigenvalue weighted by Gasteiger charge is -2.09. The number of rotatable bonds is 2. The molecule has 0 saturated carbocycles. The van der Waals surface area contributed by atoms with Gasteiger partial charge in [-0.3, -0.25) is 4.79 Å². The van der Waals surface area contributed by atoms with Gasteiger partial charge >= 0.3 is 0 Å². The van der Waals surface area contributed by atoms with Crippen LogP contribution in [-0.4, -0.2) is 5.91 Å². The van der Waals surface area contributed by atoms with Crippen LogP contribution < -0.4 is 11.1 Å². The van der Waals surface area contributed by atoms with Crippen molar-refractivity contribution in [3.05, 3.63) is 59.2 Å². The van der Waals surface area contributed by atoms with Gasteiger partial charge in [-0.1, -0.05) is 12.1 Å². The van der Waals surface area contributed by atoms with E-state index in [2.05, 4.69) is 5.32 Å². The monoisotopic (exact) mass is 262 g/mol. The van der Waals surface area contributed by atoms with E-state index in [1.165, 1.54) is 25.1 Å². The molecule has 0 bridgehead atoms. The summed E-state index contributed by atoms with van der Waals surface area (Å²) in [5.41, 5.74) is 5.99. The van der Waals surface area contributed by atoms with Gasteiger partial charge in [-0.05, 0) is 36.8 Å². The molecule has 0 fully saturated rings. The molecule has 2 aromatic rings. The van der Waals surface area contributed by atoms with Crippen LogP contribution in [0.1, 0.15) is 15.9 Å². The molecular weight excluding hydrogens is 250 g/mol. The Kier molecular flexibility index (Phi) is 3.46. The number of halogens is 2. The lowest BCUT2D eigenvalue weighted by Crippen LogP contribution is -2.15. The first-order valence-corrected chi connectivity index (χ1v) is 5.60. The van der Waals surface area contributed by atoms with Crippen molar-refractivity contribution in [1.29, 1.82) is 0 Å². The van der Waals surface area contributed by atoms with Crippen molar-refractivity contribution in [2.75, 3.05) is 11.1 Å². The second-order valence-corrected chi connectivity index (χ2v) is 4.13. The summed E-state index contributed by atoms with van der Waals surface area (Å²) < 4.78 is 27.2. The van der Waals surface area contributed by atoms with Crippen LogP contribution in [0.4, 0.5) is 20.2 Å². The van der Waals surface area contributed by atoms with Gasteiger partial charge in [-0.15, -0.1) is 0 Å². The minimum atomic E-state index is -0.819. The fourth-order valence-electron chi connectivity index (χ4n) is 1.64. The Morgan fingerprint density at radius 2 is 1.95 bits per heavy atom. The van der Waals surface area contributed by atoms with Gasteiger partial charge in [0, 0.05) is 11.3 Å². The van der Waals surface area contributed by atoms with Gasteiger partial charge in [0.2, 0.25) is 0 Å². The standard InChI is InChI=1S/C14H12F2N2O/c1-8-5-6-11(15)13(12(8)16)18-14(19)9-3-2-4-10(17)7-9/h2-7H,17H2,1H3,(H,18,19). The highest BCUT2D eigenvalue weighted by atomic mass is 19.1. The molecule has 0 radical (unpaired) electrons. The van der Waals surface area contributed by atoms with E-state index in [1.54, 1.807) is 12.1 Å². The Morgan fingerprint density at radius 1 is 1.21 bits per heavy atom. The summed E-state index contributed by atoms with van der Waals surface area (Å²) in [6.07, 6.45) is 0. The van der Waals surface area contributed by atoms with Gasteiger partial charge < -0.3 is 11.1 Å². The van der Waals surface area contributed by atoms with Crippen LogP contribution >= 0.6 is 0 Å². The van der Waals surface area contributed by atoms with Crippen molar-refractivity contribution in [3.63, 3.8) is 0 Å². The number of anilines is 2. The first-order chi connectivity index (χ1) is 8.99. The van der Waals surface area contributed by atoms with Crippen LogP contribution in [0.2, 0.25) is 0 Å². The van der Waals surface area contributed by atoms with Gasteiger partial charge in [-0.25, -0.2) is 8.78 Å². The van der Waals surface area contributed by atoms with Gasteiger partial charge in [0.1, 0.15) is 11.5 Å². The number of aryl methyl sites for hydroxylation is 1. The zero-order chi connectivity index (χ0) is 14.0. The SMILES string of the molecule is Cc1ccc(F)c(NC(=O)c2cccc(N)c2)c1F. The fourth-order valence-corrected chi connectivity index (χ4v) is 1.64. The minimum Gasteiger partial charge on any atom is -0.399 e. The second kappa shape index (κ2) is 5.06. The Morgan fingerprint density at radius 3 is 2.63 bits per heavy atom. The van der Waals surface area contributed by atoms with E-state index in [0.717, 1.165) is 6.07 Å². The highest BCUT2D eigenvalue weighted by Gasteiger charge is 2.15. The lowest BCUT2D eigenvalue weighted by atomic mass is 10.1. The summed E-state index contributed by atoms with van der Waals surface area (Å²) in [7, 11) is 0. The number of nitrogen functional groups attached to an aromatic ring is 1. The number of carbonyl (C=O) groups excluding carboxylic acids is 1. The third kappa shape index (κ3) is 2.70. The van der Waals surface area contributed by atoms with Crippen molar-refractivity contribution >= 4 is 17.3 Å². The minimum absolute atomic E-state index is 0.236. The zero-order valence-electron chi connectivity index (χ0n) is 10.2. The van der Waals surface area contributed by atoms with E-state index < -0.39 is 23.2 Å². The van der Waals surface area contributed by atoms with E-state index in [-0.39, 0.29) is 11.1 Å². The van der Waals surface area contributed by atoms with Crippen molar-refractivity contribution in [2.24, 2.45) is 0 Å². The molecule has 1 amide bonds. The maximum absolute atomic E-state index is 13.7. The molecule has 3 nitrogen and oxygen atoms in total. The Labute approximate surface area is 109 Å². The average molecular weight is 262 g/mol. The van der Waals surface area contributed by atoms with Crippen molar-refractivity contribution in [2.45, 2.75) is 6.92 Å². The molecule has 98 valence electrons. The van der Waals surface area contributed by atoms with E-state index in [1.807, 2.05) is 0 Å². The molecule has 0 aromatic heterocycles. The molecule has 2 rings (SSSR count). The van der Waals surface area contributed by atoms with E-state index >= 15 is 0 Å². The molecule has 0 saturated heterocycles. The van der Waals surface area contributed by atoms with Crippen molar-refractivity contribution < 1.29 is 13.6 Å². The molecule has 0 aliphatic rings. The Hall–Kier alpha value is -2.43. The Balaban J connectivity index is 2.32. The summed E-state index contributed by atoms with van der Waals surface area (Å²) in [5, 5.41) is 2.22. The molecule has 0 aliphatic carbocycles.